The number of nitrogens with zero attached hydrogens (tertiary/aromatic N) is 1. The van der Waals surface area contributed by atoms with Crippen molar-refractivity contribution in [3.8, 4) is 0 Å². The first-order chi connectivity index (χ1) is 9.82. The van der Waals surface area contributed by atoms with Crippen LogP contribution in [0, 0.1) is 12.7 Å². The Morgan fingerprint density at radius 3 is 2.57 bits per heavy atom. The maximum absolute atomic E-state index is 13.2. The predicted molar refractivity (Wildman–Crippen MR) is 73.8 cm³/mol. The highest BCUT2D eigenvalue weighted by molar-refractivity contribution is 7.09. The molecule has 1 N–H and O–H groups in total. The van der Waals surface area contributed by atoms with Gasteiger partial charge in [-0.2, -0.15) is 13.2 Å². The number of hydrogen-bond acceptors (Lipinski definition) is 3. The molecule has 0 saturated heterocycles. The predicted octanol–water partition coefficient (Wildman–Crippen LogP) is 4.31. The molecule has 2 nitrogen and oxygen atoms in total. The zero-order chi connectivity index (χ0) is 15.6. The molecule has 7 heteroatoms. The molecule has 0 saturated carbocycles. The molecule has 1 aromatic heterocycles. The van der Waals surface area contributed by atoms with Gasteiger partial charge in [-0.15, -0.1) is 11.3 Å². The molecule has 2 aromatic rings. The number of aromatic nitrogens is 1. The summed E-state index contributed by atoms with van der Waals surface area (Å²) in [5.41, 5.74) is -0.241. The highest BCUT2D eigenvalue weighted by Crippen LogP contribution is 2.37. The second-order valence-corrected chi connectivity index (χ2v) is 5.44. The van der Waals surface area contributed by atoms with Crippen molar-refractivity contribution in [3.63, 3.8) is 0 Å². The van der Waals surface area contributed by atoms with E-state index in [1.165, 1.54) is 17.4 Å². The lowest BCUT2D eigenvalue weighted by Gasteiger charge is -2.21. The summed E-state index contributed by atoms with van der Waals surface area (Å²) < 4.78 is 52.6. The van der Waals surface area contributed by atoms with Crippen LogP contribution in [0.3, 0.4) is 0 Å². The molecular weight excluding hydrogens is 304 g/mol. The van der Waals surface area contributed by atoms with E-state index in [4.69, 9.17) is 0 Å². The van der Waals surface area contributed by atoms with Gasteiger partial charge in [-0.05, 0) is 31.2 Å². The second kappa shape index (κ2) is 6.11. The van der Waals surface area contributed by atoms with E-state index in [9.17, 15) is 17.6 Å². The topological polar surface area (TPSA) is 24.9 Å². The summed E-state index contributed by atoms with van der Waals surface area (Å²) >= 11 is 1.28. The van der Waals surface area contributed by atoms with Gasteiger partial charge in [0.2, 0.25) is 0 Å². The van der Waals surface area contributed by atoms with Crippen LogP contribution in [0.4, 0.5) is 17.6 Å². The molecule has 0 spiro atoms. The first-order valence-electron chi connectivity index (χ1n) is 6.35. The first-order valence-corrected chi connectivity index (χ1v) is 7.23. The number of benzene rings is 1. The Morgan fingerprint density at radius 2 is 2.05 bits per heavy atom. The summed E-state index contributed by atoms with van der Waals surface area (Å²) in [5.74, 6) is -0.906. The minimum atomic E-state index is -4.61. The number of aryl methyl sites for hydroxylation is 1. The normalized spacial score (nSPS) is 13.4. The molecule has 0 radical (unpaired) electrons. The van der Waals surface area contributed by atoms with Crippen LogP contribution < -0.4 is 5.32 Å². The van der Waals surface area contributed by atoms with Gasteiger partial charge >= 0.3 is 6.18 Å². The van der Waals surface area contributed by atoms with E-state index in [0.29, 0.717) is 17.6 Å². The van der Waals surface area contributed by atoms with Gasteiger partial charge in [-0.3, -0.25) is 0 Å². The molecule has 21 heavy (non-hydrogen) atoms. The third-order valence-electron chi connectivity index (χ3n) is 2.92. The lowest BCUT2D eigenvalue weighted by molar-refractivity contribution is -0.138. The van der Waals surface area contributed by atoms with Gasteiger partial charge in [0.05, 0.1) is 11.6 Å². The Balaban J connectivity index is 2.55. The Morgan fingerprint density at radius 1 is 1.33 bits per heavy atom. The minimum absolute atomic E-state index is 0.0138. The molecule has 114 valence electrons. The van der Waals surface area contributed by atoms with Crippen molar-refractivity contribution in [2.45, 2.75) is 26.1 Å². The van der Waals surface area contributed by atoms with Crippen LogP contribution in [0.5, 0.6) is 0 Å². The highest BCUT2D eigenvalue weighted by Gasteiger charge is 2.36. The summed E-state index contributed by atoms with van der Waals surface area (Å²) in [7, 11) is 0. The third kappa shape index (κ3) is 3.59. The number of halogens is 4. The summed E-state index contributed by atoms with van der Waals surface area (Å²) in [5, 5.41) is 5.29. The second-order valence-electron chi connectivity index (χ2n) is 4.55. The van der Waals surface area contributed by atoms with Crippen LogP contribution in [0.25, 0.3) is 0 Å². The van der Waals surface area contributed by atoms with Crippen LogP contribution in [-0.2, 0) is 6.18 Å². The molecule has 1 heterocycles. The van der Waals surface area contributed by atoms with E-state index in [2.05, 4.69) is 10.3 Å². The number of nitrogens with one attached hydrogen (secondary N) is 1. The van der Waals surface area contributed by atoms with Crippen LogP contribution in [0.1, 0.15) is 34.8 Å². The van der Waals surface area contributed by atoms with E-state index >= 15 is 0 Å². The van der Waals surface area contributed by atoms with Crippen molar-refractivity contribution < 1.29 is 17.6 Å². The smallest absolute Gasteiger partial charge is 0.305 e. The van der Waals surface area contributed by atoms with Crippen molar-refractivity contribution in [2.24, 2.45) is 0 Å². The zero-order valence-corrected chi connectivity index (χ0v) is 12.3. The molecule has 0 aliphatic rings. The molecule has 0 amide bonds. The number of hydrogen-bond donors (Lipinski definition) is 1. The average molecular weight is 318 g/mol. The van der Waals surface area contributed by atoms with Crippen molar-refractivity contribution in [3.05, 3.63) is 51.2 Å². The number of rotatable bonds is 4. The first kappa shape index (κ1) is 15.9. The molecule has 0 aliphatic carbocycles. The molecule has 1 aromatic carbocycles. The Labute approximate surface area is 123 Å². The van der Waals surface area contributed by atoms with Gasteiger partial charge < -0.3 is 5.32 Å². The molecular formula is C14H14F4N2S. The van der Waals surface area contributed by atoms with Crippen LogP contribution in [-0.4, -0.2) is 11.5 Å². The highest BCUT2D eigenvalue weighted by atomic mass is 32.1. The van der Waals surface area contributed by atoms with E-state index in [-0.39, 0.29) is 5.56 Å². The fourth-order valence-electron chi connectivity index (χ4n) is 2.06. The minimum Gasteiger partial charge on any atom is -0.305 e. The summed E-state index contributed by atoms with van der Waals surface area (Å²) in [6.07, 6.45) is -4.61. The van der Waals surface area contributed by atoms with Gasteiger partial charge in [0.15, 0.2) is 0 Å². The zero-order valence-electron chi connectivity index (χ0n) is 11.5. The fourth-order valence-corrected chi connectivity index (χ4v) is 2.95. The van der Waals surface area contributed by atoms with E-state index in [1.54, 1.807) is 19.2 Å². The lowest BCUT2D eigenvalue weighted by atomic mass is 9.99. The van der Waals surface area contributed by atoms with Crippen molar-refractivity contribution in [1.29, 1.82) is 0 Å². The molecule has 0 aliphatic heterocycles. The Hall–Kier alpha value is -1.47. The van der Waals surface area contributed by atoms with Crippen LogP contribution in [0.15, 0.2) is 23.6 Å². The third-order valence-corrected chi connectivity index (χ3v) is 3.95. The number of alkyl halides is 3. The monoisotopic (exact) mass is 318 g/mol. The summed E-state index contributed by atoms with van der Waals surface area (Å²) in [6, 6.07) is 2.03. The molecule has 0 fully saturated rings. The Bertz CT molecular complexity index is 622. The molecule has 1 atom stereocenters. The molecule has 2 rings (SSSR count). The van der Waals surface area contributed by atoms with E-state index in [0.717, 1.165) is 11.8 Å². The van der Waals surface area contributed by atoms with Gasteiger partial charge in [0, 0.05) is 11.1 Å². The SMILES string of the molecule is CCNC(c1nc(C)cs1)c1ccc(F)cc1C(F)(F)F. The van der Waals surface area contributed by atoms with Crippen molar-refractivity contribution in [2.75, 3.05) is 6.54 Å². The quantitative estimate of drug-likeness (QED) is 0.850. The maximum atomic E-state index is 13.2. The average Bonchev–Trinajstić information content (AvgIpc) is 2.82. The molecule has 0 bridgehead atoms. The van der Waals surface area contributed by atoms with Gasteiger partial charge in [0.1, 0.15) is 10.8 Å². The number of thiazole rings is 1. The van der Waals surface area contributed by atoms with Gasteiger partial charge in [0.25, 0.3) is 0 Å². The Kier molecular flexibility index (Phi) is 4.63. The standard InChI is InChI=1S/C14H14F4N2S/c1-3-19-12(13-20-8(2)7-21-13)10-5-4-9(15)6-11(10)14(16,17)18/h4-7,12,19H,3H2,1-2H3. The summed E-state index contributed by atoms with van der Waals surface area (Å²) in [4.78, 5) is 4.25. The van der Waals surface area contributed by atoms with E-state index in [1.807, 2.05) is 0 Å². The van der Waals surface area contributed by atoms with Crippen LogP contribution in [0.2, 0.25) is 0 Å². The summed E-state index contributed by atoms with van der Waals surface area (Å²) in [6.45, 7) is 4.04. The van der Waals surface area contributed by atoms with E-state index < -0.39 is 23.6 Å². The maximum Gasteiger partial charge on any atom is 0.416 e. The van der Waals surface area contributed by atoms with Gasteiger partial charge in [-0.25, -0.2) is 9.37 Å². The van der Waals surface area contributed by atoms with Crippen molar-refractivity contribution >= 4 is 11.3 Å². The lowest BCUT2D eigenvalue weighted by Crippen LogP contribution is -2.25. The molecule has 1 unspecified atom stereocenters. The largest absolute Gasteiger partial charge is 0.416 e. The van der Waals surface area contributed by atoms with Crippen molar-refractivity contribution in [1.82, 2.24) is 10.3 Å². The van der Waals surface area contributed by atoms with Gasteiger partial charge in [-0.1, -0.05) is 13.0 Å². The fraction of sp³-hybridized carbons (Fsp3) is 0.357. The van der Waals surface area contributed by atoms with Crippen LogP contribution >= 0.6 is 11.3 Å².